The quantitative estimate of drug-likeness (QED) is 0.292. The van der Waals surface area contributed by atoms with E-state index in [9.17, 15) is 35.9 Å². The van der Waals surface area contributed by atoms with Crippen molar-refractivity contribution in [1.29, 1.82) is 0 Å². The fraction of sp³-hybridized carbons (Fsp3) is 0.517. The van der Waals surface area contributed by atoms with Gasteiger partial charge in [-0.3, -0.25) is 14.6 Å². The molecule has 220 valence electrons. The van der Waals surface area contributed by atoms with E-state index >= 15 is 0 Å². The standard InChI is InChI=1S/C29H35F6N3O2/c1-18(20-15-22(28(30,31)32)17-23(16-20)29(33,34)35)25(40)36-27(21-9-7-6-8-10-21)13-11-24(12-14-27)38(19(2)39)37-26(3,4)5/h6-10,15-18,24,37H,11-14H2,1-5H3,(H,36,40)/t18?,24-,27-. The second kappa shape index (κ2) is 11.4. The molecule has 1 aliphatic carbocycles. The molecule has 1 atom stereocenters. The number of hydrogen-bond acceptors (Lipinski definition) is 3. The van der Waals surface area contributed by atoms with Crippen LogP contribution in [0.2, 0.25) is 0 Å². The summed E-state index contributed by atoms with van der Waals surface area (Å²) in [5, 5.41) is 4.57. The van der Waals surface area contributed by atoms with Gasteiger partial charge in [-0.15, -0.1) is 0 Å². The summed E-state index contributed by atoms with van der Waals surface area (Å²) in [7, 11) is 0. The van der Waals surface area contributed by atoms with E-state index in [4.69, 9.17) is 0 Å². The van der Waals surface area contributed by atoms with Crippen LogP contribution in [0.1, 0.15) is 88.5 Å². The smallest absolute Gasteiger partial charge is 0.346 e. The number of alkyl halides is 6. The first-order valence-corrected chi connectivity index (χ1v) is 13.1. The average Bonchev–Trinajstić information content (AvgIpc) is 2.86. The van der Waals surface area contributed by atoms with Gasteiger partial charge in [0.15, 0.2) is 0 Å². The zero-order valence-electron chi connectivity index (χ0n) is 23.1. The number of nitrogens with one attached hydrogen (secondary N) is 2. The van der Waals surface area contributed by atoms with Gasteiger partial charge in [-0.25, -0.2) is 5.43 Å². The third-order valence-corrected chi connectivity index (χ3v) is 7.16. The van der Waals surface area contributed by atoms with Crippen LogP contribution in [-0.2, 0) is 27.5 Å². The van der Waals surface area contributed by atoms with E-state index in [0.717, 1.165) is 5.56 Å². The number of hydrazine groups is 1. The highest BCUT2D eigenvalue weighted by molar-refractivity contribution is 5.84. The molecule has 1 saturated carbocycles. The van der Waals surface area contributed by atoms with Crippen LogP contribution in [0.5, 0.6) is 0 Å². The number of halogens is 6. The van der Waals surface area contributed by atoms with Gasteiger partial charge >= 0.3 is 12.4 Å². The molecule has 0 heterocycles. The topological polar surface area (TPSA) is 61.4 Å². The Morgan fingerprint density at radius 1 is 0.900 bits per heavy atom. The lowest BCUT2D eigenvalue weighted by atomic mass is 9.74. The predicted octanol–water partition coefficient (Wildman–Crippen LogP) is 6.93. The van der Waals surface area contributed by atoms with Gasteiger partial charge in [-0.05, 0) is 82.7 Å². The highest BCUT2D eigenvalue weighted by Crippen LogP contribution is 2.41. The summed E-state index contributed by atoms with van der Waals surface area (Å²) in [6.07, 6.45) is -8.20. The van der Waals surface area contributed by atoms with Gasteiger partial charge in [0, 0.05) is 18.5 Å². The first kappa shape index (κ1) is 31.4. The Kier molecular flexibility index (Phi) is 8.98. The second-order valence-electron chi connectivity index (χ2n) is 11.5. The molecule has 11 heteroatoms. The van der Waals surface area contributed by atoms with E-state index in [-0.39, 0.29) is 29.1 Å². The molecule has 2 aromatic rings. The number of nitrogens with zero attached hydrogens (tertiary/aromatic N) is 1. The summed E-state index contributed by atoms with van der Waals surface area (Å²) < 4.78 is 80.5. The van der Waals surface area contributed by atoms with E-state index in [1.807, 2.05) is 32.9 Å². The molecule has 0 bridgehead atoms. The van der Waals surface area contributed by atoms with E-state index in [1.165, 1.54) is 13.8 Å². The Hall–Kier alpha value is -3.08. The number of benzene rings is 2. The number of amides is 2. The number of rotatable bonds is 6. The molecule has 2 aromatic carbocycles. The molecule has 3 rings (SSSR count). The summed E-state index contributed by atoms with van der Waals surface area (Å²) in [5.41, 5.74) is -0.610. The van der Waals surface area contributed by atoms with Crippen LogP contribution in [0.25, 0.3) is 0 Å². The van der Waals surface area contributed by atoms with Crippen molar-refractivity contribution in [1.82, 2.24) is 15.8 Å². The van der Waals surface area contributed by atoms with Gasteiger partial charge in [0.05, 0.1) is 22.6 Å². The summed E-state index contributed by atoms with van der Waals surface area (Å²) >= 11 is 0. The Balaban J connectivity index is 1.92. The lowest BCUT2D eigenvalue weighted by molar-refractivity contribution is -0.143. The number of carbonyl (C=O) groups is 2. The van der Waals surface area contributed by atoms with Crippen molar-refractivity contribution in [3.05, 3.63) is 70.8 Å². The molecule has 2 amide bonds. The molecule has 1 aliphatic rings. The molecule has 2 N–H and O–H groups in total. The Bertz CT molecular complexity index is 1160. The van der Waals surface area contributed by atoms with Crippen LogP contribution in [0.3, 0.4) is 0 Å². The molecule has 0 aromatic heterocycles. The second-order valence-corrected chi connectivity index (χ2v) is 11.5. The summed E-state index contributed by atoms with van der Waals surface area (Å²) in [6, 6.07) is 10.1. The molecule has 0 aliphatic heterocycles. The first-order valence-electron chi connectivity index (χ1n) is 13.1. The van der Waals surface area contributed by atoms with Gasteiger partial charge in [-0.2, -0.15) is 26.3 Å². The van der Waals surface area contributed by atoms with Gasteiger partial charge in [0.1, 0.15) is 0 Å². The normalized spacial score (nSPS) is 21.0. The molecule has 0 saturated heterocycles. The van der Waals surface area contributed by atoms with E-state index in [1.54, 1.807) is 23.2 Å². The van der Waals surface area contributed by atoms with Gasteiger partial charge < -0.3 is 5.32 Å². The summed E-state index contributed by atoms with van der Waals surface area (Å²) in [6.45, 7) is 8.55. The van der Waals surface area contributed by atoms with Crippen molar-refractivity contribution in [3.63, 3.8) is 0 Å². The first-order chi connectivity index (χ1) is 18.3. The molecule has 1 unspecified atom stereocenters. The van der Waals surface area contributed by atoms with Crippen LogP contribution >= 0.6 is 0 Å². The van der Waals surface area contributed by atoms with Crippen molar-refractivity contribution >= 4 is 11.8 Å². The molecule has 1 fully saturated rings. The van der Waals surface area contributed by atoms with Gasteiger partial charge in [0.2, 0.25) is 11.8 Å². The Morgan fingerprint density at radius 3 is 1.82 bits per heavy atom. The van der Waals surface area contributed by atoms with E-state index < -0.39 is 40.8 Å². The zero-order valence-corrected chi connectivity index (χ0v) is 23.1. The lowest BCUT2D eigenvalue weighted by Gasteiger charge is -2.46. The molecule has 40 heavy (non-hydrogen) atoms. The van der Waals surface area contributed by atoms with Crippen molar-refractivity contribution < 1.29 is 35.9 Å². The van der Waals surface area contributed by atoms with Crippen molar-refractivity contribution in [3.8, 4) is 0 Å². The predicted molar refractivity (Wildman–Crippen MR) is 139 cm³/mol. The maximum absolute atomic E-state index is 13.5. The van der Waals surface area contributed by atoms with Crippen LogP contribution in [0.4, 0.5) is 26.3 Å². The largest absolute Gasteiger partial charge is 0.416 e. The molecule has 0 spiro atoms. The molecule has 5 nitrogen and oxygen atoms in total. The van der Waals surface area contributed by atoms with Crippen molar-refractivity contribution in [2.75, 3.05) is 0 Å². The summed E-state index contributed by atoms with van der Waals surface area (Å²) in [4.78, 5) is 25.9. The SMILES string of the molecule is CC(=O)N(NC(C)(C)C)[C@H]1CC[C@@](NC(=O)C(C)c2cc(C(F)(F)F)cc(C(F)(F)F)c2)(c2ccccc2)CC1. The maximum Gasteiger partial charge on any atom is 0.416 e. The molecular formula is C29H35F6N3O2. The Labute approximate surface area is 230 Å². The maximum atomic E-state index is 13.5. The third-order valence-electron chi connectivity index (χ3n) is 7.16. The number of carbonyl (C=O) groups excluding carboxylic acids is 2. The minimum atomic E-state index is -5.01. The van der Waals surface area contributed by atoms with Crippen LogP contribution in [-0.4, -0.2) is 28.4 Å². The fourth-order valence-electron chi connectivity index (χ4n) is 5.11. The highest BCUT2D eigenvalue weighted by atomic mass is 19.4. The zero-order chi connectivity index (χ0) is 30.1. The van der Waals surface area contributed by atoms with E-state index in [2.05, 4.69) is 10.7 Å². The minimum Gasteiger partial charge on any atom is -0.346 e. The van der Waals surface area contributed by atoms with E-state index in [0.29, 0.717) is 37.8 Å². The molecular weight excluding hydrogens is 536 g/mol. The minimum absolute atomic E-state index is 0.0489. The van der Waals surface area contributed by atoms with Crippen molar-refractivity contribution in [2.45, 2.75) is 95.7 Å². The van der Waals surface area contributed by atoms with Crippen molar-refractivity contribution in [2.24, 2.45) is 0 Å². The van der Waals surface area contributed by atoms with Gasteiger partial charge in [-0.1, -0.05) is 30.3 Å². The summed E-state index contributed by atoms with van der Waals surface area (Å²) in [5.74, 6) is -2.14. The third kappa shape index (κ3) is 7.56. The van der Waals surface area contributed by atoms with Gasteiger partial charge in [0.25, 0.3) is 0 Å². The highest BCUT2D eigenvalue weighted by Gasteiger charge is 2.42. The fourth-order valence-corrected chi connectivity index (χ4v) is 5.11. The molecule has 0 radical (unpaired) electrons. The monoisotopic (exact) mass is 571 g/mol. The Morgan fingerprint density at radius 2 is 1.40 bits per heavy atom. The lowest BCUT2D eigenvalue weighted by Crippen LogP contribution is -2.58. The number of hydrogen-bond donors (Lipinski definition) is 2. The van der Waals surface area contributed by atoms with Crippen LogP contribution in [0.15, 0.2) is 48.5 Å². The van der Waals surface area contributed by atoms with Crippen LogP contribution in [0, 0.1) is 0 Å². The van der Waals surface area contributed by atoms with Crippen LogP contribution < -0.4 is 10.7 Å². The average molecular weight is 572 g/mol.